The molecule has 11 heteroatoms. The minimum Gasteiger partial charge on any atom is -0.283 e. The van der Waals surface area contributed by atoms with Gasteiger partial charge < -0.3 is 0 Å². The number of carbonyl (C=O) groups is 1. The summed E-state index contributed by atoms with van der Waals surface area (Å²) in [5, 5.41) is 3.47. The number of hydrogen-bond acceptors (Lipinski definition) is 7. The van der Waals surface area contributed by atoms with Crippen molar-refractivity contribution >= 4 is 69.9 Å². The third-order valence-electron chi connectivity index (χ3n) is 3.70. The number of carbonyl (C=O) groups excluding carboxylic acids is 1. The van der Waals surface area contributed by atoms with Gasteiger partial charge >= 0.3 is 6.03 Å². The highest BCUT2D eigenvalue weighted by molar-refractivity contribution is 9.11. The van der Waals surface area contributed by atoms with E-state index in [0.29, 0.717) is 0 Å². The van der Waals surface area contributed by atoms with Gasteiger partial charge in [-0.05, 0) is 50.6 Å². The summed E-state index contributed by atoms with van der Waals surface area (Å²) in [5.74, 6) is 0. The van der Waals surface area contributed by atoms with Crippen LogP contribution in [-0.4, -0.2) is 24.4 Å². The zero-order valence-electron chi connectivity index (χ0n) is 13.9. The van der Waals surface area contributed by atoms with E-state index in [0.717, 1.165) is 36.3 Å². The zero-order valence-corrected chi connectivity index (χ0v) is 18.0. The van der Waals surface area contributed by atoms with Gasteiger partial charge in [-0.1, -0.05) is 29.5 Å². The van der Waals surface area contributed by atoms with Crippen LogP contribution in [0.1, 0.15) is 0 Å². The van der Waals surface area contributed by atoms with E-state index in [1.165, 1.54) is 17.5 Å². The SMILES string of the molecule is O=C(Nc1ncc(Br)s1)NS(=O)(=O)c1cc2cccc(-c3ccncc3)c2s1. The quantitative estimate of drug-likeness (QED) is 0.428. The number of rotatable bonds is 4. The number of thiazole rings is 1. The van der Waals surface area contributed by atoms with Gasteiger partial charge in [0.1, 0.15) is 4.21 Å². The number of amides is 2. The van der Waals surface area contributed by atoms with Crippen LogP contribution in [0.4, 0.5) is 9.93 Å². The minimum absolute atomic E-state index is 0.0551. The predicted molar refractivity (Wildman–Crippen MR) is 114 cm³/mol. The fourth-order valence-electron chi connectivity index (χ4n) is 2.54. The number of nitrogens with one attached hydrogen (secondary N) is 2. The molecule has 4 rings (SSSR count). The summed E-state index contributed by atoms with van der Waals surface area (Å²) in [6.07, 6.45) is 4.88. The minimum atomic E-state index is -4.02. The molecule has 3 aromatic heterocycles. The topological polar surface area (TPSA) is 101 Å². The molecule has 0 aliphatic rings. The van der Waals surface area contributed by atoms with Crippen molar-refractivity contribution in [3.05, 3.63) is 58.8 Å². The maximum atomic E-state index is 12.7. The van der Waals surface area contributed by atoms with Crippen LogP contribution < -0.4 is 10.0 Å². The fraction of sp³-hybridized carbons (Fsp3) is 0. The first-order chi connectivity index (χ1) is 13.4. The Bertz CT molecular complexity index is 1270. The van der Waals surface area contributed by atoms with Gasteiger partial charge in [0.2, 0.25) is 0 Å². The molecule has 0 saturated heterocycles. The Hall–Kier alpha value is -2.34. The smallest absolute Gasteiger partial charge is 0.283 e. The van der Waals surface area contributed by atoms with Crippen molar-refractivity contribution in [3.63, 3.8) is 0 Å². The molecule has 0 saturated carbocycles. The Balaban J connectivity index is 1.64. The lowest BCUT2D eigenvalue weighted by molar-refractivity contribution is 0.256. The molecule has 3 heterocycles. The van der Waals surface area contributed by atoms with Crippen LogP contribution in [0.25, 0.3) is 21.2 Å². The lowest BCUT2D eigenvalue weighted by atomic mass is 10.1. The fourth-order valence-corrected chi connectivity index (χ4v) is 6.06. The monoisotopic (exact) mass is 494 g/mol. The largest absolute Gasteiger partial charge is 0.334 e. The van der Waals surface area contributed by atoms with E-state index in [2.05, 4.69) is 31.2 Å². The molecule has 142 valence electrons. The van der Waals surface area contributed by atoms with Crippen LogP contribution in [-0.2, 0) is 10.0 Å². The van der Waals surface area contributed by atoms with Crippen LogP contribution in [0.2, 0.25) is 0 Å². The number of hydrogen-bond donors (Lipinski definition) is 2. The van der Waals surface area contributed by atoms with Crippen molar-refractivity contribution in [1.29, 1.82) is 0 Å². The van der Waals surface area contributed by atoms with Crippen molar-refractivity contribution in [3.8, 4) is 11.1 Å². The number of fused-ring (bicyclic) bond motifs is 1. The molecule has 1 aromatic carbocycles. The number of sulfonamides is 1. The lowest BCUT2D eigenvalue weighted by Gasteiger charge is -2.04. The van der Waals surface area contributed by atoms with Crippen LogP contribution in [0.15, 0.2) is 63.0 Å². The Morgan fingerprint density at radius 2 is 1.89 bits per heavy atom. The second-order valence-corrected chi connectivity index (χ2v) is 10.9. The predicted octanol–water partition coefficient (Wildman–Crippen LogP) is 4.69. The molecule has 0 radical (unpaired) electrons. The van der Waals surface area contributed by atoms with Gasteiger partial charge in [0.05, 0.1) is 9.98 Å². The number of aromatic nitrogens is 2. The van der Waals surface area contributed by atoms with E-state index in [1.807, 2.05) is 35.1 Å². The molecule has 2 N–H and O–H groups in total. The molecular formula is C17H11BrN4O3S3. The second-order valence-electron chi connectivity index (χ2n) is 5.55. The van der Waals surface area contributed by atoms with E-state index in [-0.39, 0.29) is 9.34 Å². The van der Waals surface area contributed by atoms with Crippen molar-refractivity contribution in [2.45, 2.75) is 4.21 Å². The van der Waals surface area contributed by atoms with Gasteiger partial charge in [-0.25, -0.2) is 22.9 Å². The molecule has 4 aromatic rings. The summed E-state index contributed by atoms with van der Waals surface area (Å²) in [7, 11) is -4.02. The first-order valence-corrected chi connectivity index (χ1v) is 11.7. The highest BCUT2D eigenvalue weighted by atomic mass is 79.9. The van der Waals surface area contributed by atoms with E-state index in [1.54, 1.807) is 18.5 Å². The summed E-state index contributed by atoms with van der Waals surface area (Å²) >= 11 is 5.51. The van der Waals surface area contributed by atoms with Gasteiger partial charge in [0.15, 0.2) is 5.13 Å². The van der Waals surface area contributed by atoms with E-state index < -0.39 is 16.1 Å². The van der Waals surface area contributed by atoms with Gasteiger partial charge in [-0.2, -0.15) is 0 Å². The molecule has 2 amide bonds. The number of halogens is 1. The maximum absolute atomic E-state index is 12.7. The van der Waals surface area contributed by atoms with Crippen LogP contribution in [0.5, 0.6) is 0 Å². The van der Waals surface area contributed by atoms with Gasteiger partial charge in [-0.15, -0.1) is 11.3 Å². The standard InChI is InChI=1S/C17H11BrN4O3S3/c18-13-9-20-17(26-13)21-16(23)22-28(24,25)14-8-11-2-1-3-12(15(11)27-14)10-4-6-19-7-5-10/h1-9H,(H2,20,21,22,23). The molecule has 0 aliphatic heterocycles. The summed E-state index contributed by atoms with van der Waals surface area (Å²) in [6, 6.07) is 10.0. The molecule has 0 aliphatic carbocycles. The summed E-state index contributed by atoms with van der Waals surface area (Å²) in [4.78, 5) is 20.0. The van der Waals surface area contributed by atoms with E-state index >= 15 is 0 Å². The number of thiophene rings is 1. The molecule has 0 bridgehead atoms. The lowest BCUT2D eigenvalue weighted by Crippen LogP contribution is -2.33. The molecule has 7 nitrogen and oxygen atoms in total. The third-order valence-corrected chi connectivity index (χ3v) is 8.08. The number of urea groups is 1. The molecule has 0 unspecified atom stereocenters. The summed E-state index contributed by atoms with van der Waals surface area (Å²) in [5.41, 5.74) is 1.84. The molecular weight excluding hydrogens is 484 g/mol. The van der Waals surface area contributed by atoms with E-state index in [9.17, 15) is 13.2 Å². The van der Waals surface area contributed by atoms with Crippen LogP contribution in [0, 0.1) is 0 Å². The maximum Gasteiger partial charge on any atom is 0.334 e. The van der Waals surface area contributed by atoms with Gasteiger partial charge in [-0.3, -0.25) is 10.3 Å². The Kier molecular flexibility index (Phi) is 5.15. The molecule has 0 fully saturated rings. The van der Waals surface area contributed by atoms with Crippen molar-refractivity contribution in [2.24, 2.45) is 0 Å². The highest BCUT2D eigenvalue weighted by Crippen LogP contribution is 2.36. The van der Waals surface area contributed by atoms with Crippen molar-refractivity contribution in [2.75, 3.05) is 5.32 Å². The normalized spacial score (nSPS) is 11.5. The van der Waals surface area contributed by atoms with Crippen LogP contribution >= 0.6 is 38.6 Å². The summed E-state index contributed by atoms with van der Waals surface area (Å²) < 4.78 is 28.9. The zero-order chi connectivity index (χ0) is 19.7. The van der Waals surface area contributed by atoms with Gasteiger partial charge in [0, 0.05) is 17.1 Å². The van der Waals surface area contributed by atoms with E-state index in [4.69, 9.17) is 0 Å². The number of pyridine rings is 1. The second kappa shape index (κ2) is 7.59. The number of anilines is 1. The summed E-state index contributed by atoms with van der Waals surface area (Å²) in [6.45, 7) is 0. The average Bonchev–Trinajstić information content (AvgIpc) is 3.28. The Morgan fingerprint density at radius 1 is 1.11 bits per heavy atom. The number of nitrogens with zero attached hydrogens (tertiary/aromatic N) is 2. The Morgan fingerprint density at radius 3 is 2.61 bits per heavy atom. The van der Waals surface area contributed by atoms with Crippen molar-refractivity contribution < 1.29 is 13.2 Å². The van der Waals surface area contributed by atoms with Crippen molar-refractivity contribution in [1.82, 2.24) is 14.7 Å². The Labute approximate surface area is 176 Å². The molecule has 0 spiro atoms. The average molecular weight is 495 g/mol. The highest BCUT2D eigenvalue weighted by Gasteiger charge is 2.22. The molecule has 28 heavy (non-hydrogen) atoms. The van der Waals surface area contributed by atoms with Gasteiger partial charge in [0.25, 0.3) is 10.0 Å². The third kappa shape index (κ3) is 3.92. The van der Waals surface area contributed by atoms with Crippen LogP contribution in [0.3, 0.4) is 0 Å². The first-order valence-electron chi connectivity index (χ1n) is 7.80. The first kappa shape index (κ1) is 19.0. The number of benzene rings is 1. The molecule has 0 atom stereocenters.